The van der Waals surface area contributed by atoms with Gasteiger partial charge in [0.05, 0.1) is 18.2 Å². The molecule has 0 heterocycles. The minimum absolute atomic E-state index is 0.00140. The highest BCUT2D eigenvalue weighted by Crippen LogP contribution is 2.53. The highest BCUT2D eigenvalue weighted by molar-refractivity contribution is 6.25. The van der Waals surface area contributed by atoms with Gasteiger partial charge in [0, 0.05) is 43.4 Å². The summed E-state index contributed by atoms with van der Waals surface area (Å²) in [5.41, 5.74) is 2.24. The van der Waals surface area contributed by atoms with Gasteiger partial charge in [0.15, 0.2) is 11.4 Å². The Balaban J connectivity index is 1.81. The predicted molar refractivity (Wildman–Crippen MR) is 156 cm³/mol. The SMILES string of the molecule is CN(C)c1cc(CNCC(=O)OC(C)(C)C)c(O)c2c1C[C@H]1C[C@H]3[C@H](N(C)C)C(O)=C(C(N)=O)C(=O)[C@@]3(O)C(O)=C1C2=O. The van der Waals surface area contributed by atoms with Gasteiger partial charge in [-0.2, -0.15) is 0 Å². The van der Waals surface area contributed by atoms with Gasteiger partial charge in [0.2, 0.25) is 5.78 Å². The van der Waals surface area contributed by atoms with Gasteiger partial charge in [0.25, 0.3) is 5.91 Å². The van der Waals surface area contributed by atoms with E-state index in [1.165, 1.54) is 4.90 Å². The number of nitrogens with zero attached hydrogens (tertiary/aromatic N) is 2. The molecule has 0 saturated heterocycles. The summed E-state index contributed by atoms with van der Waals surface area (Å²) < 4.78 is 5.30. The van der Waals surface area contributed by atoms with E-state index in [9.17, 15) is 39.6 Å². The normalized spacial score (nSPS) is 25.4. The molecule has 4 atom stereocenters. The zero-order valence-corrected chi connectivity index (χ0v) is 25.4. The number of esters is 1. The Bertz CT molecular complexity index is 1470. The number of ether oxygens (including phenoxy) is 1. The van der Waals surface area contributed by atoms with Gasteiger partial charge >= 0.3 is 5.97 Å². The number of allylic oxidation sites excluding steroid dienone is 1. The smallest absolute Gasteiger partial charge is 0.320 e. The first-order valence-electron chi connectivity index (χ1n) is 13.9. The summed E-state index contributed by atoms with van der Waals surface area (Å²) in [6, 6.07) is 0.642. The Morgan fingerprint density at radius 1 is 1.14 bits per heavy atom. The number of carbonyl (C=O) groups excluding carboxylic acids is 4. The van der Waals surface area contributed by atoms with Crippen molar-refractivity contribution < 1.29 is 44.3 Å². The van der Waals surface area contributed by atoms with Crippen molar-refractivity contribution in [3.63, 3.8) is 0 Å². The number of Topliss-reactive ketones (excluding diaryl/α,β-unsaturated/α-hetero) is 2. The van der Waals surface area contributed by atoms with Crippen molar-refractivity contribution >= 4 is 29.1 Å². The monoisotopic (exact) mass is 600 g/mol. The van der Waals surface area contributed by atoms with E-state index >= 15 is 0 Å². The summed E-state index contributed by atoms with van der Waals surface area (Å²) in [4.78, 5) is 55.2. The molecule has 0 aromatic heterocycles. The van der Waals surface area contributed by atoms with Crippen LogP contribution >= 0.6 is 0 Å². The number of aliphatic hydroxyl groups excluding tert-OH is 2. The predicted octanol–water partition coefficient (Wildman–Crippen LogP) is 0.618. The molecule has 0 saturated carbocycles. The van der Waals surface area contributed by atoms with Gasteiger partial charge in [-0.25, -0.2) is 0 Å². The molecule has 0 aliphatic heterocycles. The maximum absolute atomic E-state index is 14.1. The quantitative estimate of drug-likeness (QED) is 0.188. The summed E-state index contributed by atoms with van der Waals surface area (Å²) in [5, 5.41) is 48.4. The van der Waals surface area contributed by atoms with Gasteiger partial charge < -0.3 is 41.1 Å². The molecule has 7 N–H and O–H groups in total. The number of hydrogen-bond donors (Lipinski definition) is 6. The van der Waals surface area contributed by atoms with Crippen LogP contribution < -0.4 is 16.0 Å². The van der Waals surface area contributed by atoms with Crippen LogP contribution in [0.3, 0.4) is 0 Å². The summed E-state index contributed by atoms with van der Waals surface area (Å²) in [7, 11) is 6.70. The maximum atomic E-state index is 14.1. The number of phenolic OH excluding ortho intramolecular Hbond substituents is 1. The number of carbonyl (C=O) groups is 4. The number of rotatable bonds is 7. The van der Waals surface area contributed by atoms with Crippen LogP contribution in [-0.2, 0) is 32.1 Å². The molecule has 3 aliphatic carbocycles. The molecule has 1 amide bonds. The second-order valence-electron chi connectivity index (χ2n) is 12.8. The lowest BCUT2D eigenvalue weighted by Crippen LogP contribution is -2.63. The minimum atomic E-state index is -2.71. The molecule has 13 heteroatoms. The van der Waals surface area contributed by atoms with E-state index in [1.54, 1.807) is 59.9 Å². The number of nitrogens with two attached hydrogens (primary N) is 1. The molecule has 0 unspecified atom stereocenters. The van der Waals surface area contributed by atoms with E-state index in [0.717, 1.165) is 0 Å². The van der Waals surface area contributed by atoms with Crippen LogP contribution in [0.5, 0.6) is 5.75 Å². The summed E-state index contributed by atoms with van der Waals surface area (Å²) in [5.74, 6) is -7.55. The van der Waals surface area contributed by atoms with Gasteiger partial charge in [-0.05, 0) is 65.3 Å². The molecule has 13 nitrogen and oxygen atoms in total. The van der Waals surface area contributed by atoms with Crippen molar-refractivity contribution in [3.8, 4) is 5.75 Å². The fraction of sp³-hybridized carbons (Fsp3) is 0.533. The van der Waals surface area contributed by atoms with E-state index < -0.39 is 69.6 Å². The van der Waals surface area contributed by atoms with Crippen LogP contribution in [0.15, 0.2) is 28.7 Å². The van der Waals surface area contributed by atoms with Gasteiger partial charge in [-0.15, -0.1) is 0 Å². The third kappa shape index (κ3) is 5.25. The Kier molecular flexibility index (Phi) is 8.15. The number of benzene rings is 1. The second-order valence-corrected chi connectivity index (χ2v) is 12.8. The van der Waals surface area contributed by atoms with Crippen molar-refractivity contribution in [1.82, 2.24) is 10.2 Å². The Morgan fingerprint density at radius 2 is 1.77 bits per heavy atom. The molecule has 234 valence electrons. The largest absolute Gasteiger partial charge is 0.510 e. The third-order valence-corrected chi connectivity index (χ3v) is 8.26. The summed E-state index contributed by atoms with van der Waals surface area (Å²) >= 11 is 0. The maximum Gasteiger partial charge on any atom is 0.320 e. The van der Waals surface area contributed by atoms with Crippen molar-refractivity contribution in [2.45, 2.75) is 57.4 Å². The molecule has 0 spiro atoms. The number of hydrogen-bond acceptors (Lipinski definition) is 12. The number of anilines is 1. The van der Waals surface area contributed by atoms with Crippen LogP contribution in [0.4, 0.5) is 5.69 Å². The number of primary amides is 1. The number of nitrogens with one attached hydrogen (secondary N) is 1. The van der Waals surface area contributed by atoms with Crippen molar-refractivity contribution in [2.24, 2.45) is 17.6 Å². The first kappa shape index (κ1) is 32.0. The zero-order valence-electron chi connectivity index (χ0n) is 25.4. The van der Waals surface area contributed by atoms with Crippen LogP contribution in [-0.4, -0.2) is 101 Å². The molecule has 0 radical (unpaired) electrons. The van der Waals surface area contributed by atoms with Gasteiger partial charge in [0.1, 0.15) is 28.4 Å². The number of phenols is 1. The van der Waals surface area contributed by atoms with Crippen LogP contribution in [0, 0.1) is 11.8 Å². The number of likely N-dealkylation sites (N-methyl/N-ethyl adjacent to an activating group) is 1. The topological polar surface area (TPSA) is 203 Å². The lowest BCUT2D eigenvalue weighted by atomic mass is 9.58. The average molecular weight is 601 g/mol. The summed E-state index contributed by atoms with van der Waals surface area (Å²) in [6.45, 7) is 5.07. The molecule has 43 heavy (non-hydrogen) atoms. The molecule has 3 aliphatic rings. The van der Waals surface area contributed by atoms with Gasteiger partial charge in [-0.1, -0.05) is 0 Å². The Hall–Kier alpha value is -3.94. The van der Waals surface area contributed by atoms with E-state index in [-0.39, 0.29) is 42.8 Å². The molecule has 4 rings (SSSR count). The van der Waals surface area contributed by atoms with E-state index in [0.29, 0.717) is 16.8 Å². The molecule has 1 aromatic rings. The Morgan fingerprint density at radius 3 is 2.30 bits per heavy atom. The molecule has 0 fully saturated rings. The highest BCUT2D eigenvalue weighted by atomic mass is 16.6. The number of ketones is 2. The van der Waals surface area contributed by atoms with Gasteiger partial charge in [-0.3, -0.25) is 24.1 Å². The molecular weight excluding hydrogens is 560 g/mol. The fourth-order valence-electron chi connectivity index (χ4n) is 6.56. The summed E-state index contributed by atoms with van der Waals surface area (Å²) in [6.07, 6.45) is 0.166. The molecular formula is C30H40N4O9. The minimum Gasteiger partial charge on any atom is -0.510 e. The Labute approximate surface area is 249 Å². The van der Waals surface area contributed by atoms with Crippen LogP contribution in [0.25, 0.3) is 0 Å². The van der Waals surface area contributed by atoms with Crippen LogP contribution in [0.2, 0.25) is 0 Å². The number of amides is 1. The third-order valence-electron chi connectivity index (χ3n) is 8.26. The molecule has 0 bridgehead atoms. The number of aliphatic hydroxyl groups is 3. The zero-order chi connectivity index (χ0) is 32.3. The average Bonchev–Trinajstić information content (AvgIpc) is 2.85. The first-order valence-corrected chi connectivity index (χ1v) is 13.9. The first-order chi connectivity index (χ1) is 19.8. The standard InChI is InChI=1S/C30H40N4O9/c1-29(2,3)43-18(35)12-32-11-14-10-17(33(4)5)15-8-13-9-16-22(34(6)7)25(38)21(28(31)41)27(40)30(16,42)26(39)19(13)24(37)20(15)23(14)36/h10,13,16,22,32,36,38-39,42H,8-9,11-12H2,1-7H3,(H2,31,41)/t13-,16-,22-,30-/m0/s1. The highest BCUT2D eigenvalue weighted by Gasteiger charge is 2.63. The number of fused-ring (bicyclic) bond motifs is 3. The number of aromatic hydroxyl groups is 1. The van der Waals surface area contributed by atoms with Crippen molar-refractivity contribution in [1.29, 1.82) is 0 Å². The fourth-order valence-corrected chi connectivity index (χ4v) is 6.56. The lowest BCUT2D eigenvalue weighted by Gasteiger charge is -2.50. The van der Waals surface area contributed by atoms with E-state index in [4.69, 9.17) is 10.5 Å². The van der Waals surface area contributed by atoms with Crippen molar-refractivity contribution in [2.75, 3.05) is 39.6 Å². The van der Waals surface area contributed by atoms with Crippen LogP contribution in [0.1, 0.15) is 48.7 Å². The van der Waals surface area contributed by atoms with E-state index in [2.05, 4.69) is 5.32 Å². The van der Waals surface area contributed by atoms with E-state index in [1.807, 2.05) is 0 Å². The van der Waals surface area contributed by atoms with Crippen molar-refractivity contribution in [3.05, 3.63) is 45.4 Å². The second kappa shape index (κ2) is 11.0. The molecule has 1 aromatic carbocycles. The lowest BCUT2D eigenvalue weighted by molar-refractivity contribution is -0.153.